The molecule has 1 aliphatic heterocycles. The van der Waals surface area contributed by atoms with E-state index in [1.54, 1.807) is 17.2 Å². The van der Waals surface area contributed by atoms with Gasteiger partial charge < -0.3 is 10.2 Å². The molecule has 0 aromatic carbocycles. The summed E-state index contributed by atoms with van der Waals surface area (Å²) in [6.07, 6.45) is 7.83. The zero-order chi connectivity index (χ0) is 19.4. The Balaban J connectivity index is 1.56. The van der Waals surface area contributed by atoms with Crippen LogP contribution in [0.25, 0.3) is 0 Å². The normalized spacial score (nSPS) is 24.9. The molecule has 7 heteroatoms. The highest BCUT2D eigenvalue weighted by Crippen LogP contribution is 2.32. The minimum absolute atomic E-state index is 0.0469. The van der Waals surface area contributed by atoms with E-state index in [2.05, 4.69) is 24.1 Å². The standard InChI is InChI=1S/C20H31N3O3S/c1-15(2)6-7-16-4-3-5-18(16)22-19-9-8-17(14-21-19)20(24)23-10-12-27(25,26)13-11-23/h8-9,14-16,18H,3-7,10-13H2,1-2H3,(H,21,22). The summed E-state index contributed by atoms with van der Waals surface area (Å²) in [6, 6.07) is 4.12. The number of nitrogens with zero attached hydrogens (tertiary/aromatic N) is 2. The van der Waals surface area contributed by atoms with Gasteiger partial charge in [0.15, 0.2) is 9.84 Å². The first kappa shape index (κ1) is 20.1. The predicted molar refractivity (Wildman–Crippen MR) is 108 cm³/mol. The lowest BCUT2D eigenvalue weighted by molar-refractivity contribution is 0.0770. The van der Waals surface area contributed by atoms with Crippen molar-refractivity contribution in [1.82, 2.24) is 9.88 Å². The van der Waals surface area contributed by atoms with E-state index in [-0.39, 0.29) is 30.5 Å². The van der Waals surface area contributed by atoms with E-state index in [1.807, 2.05) is 6.07 Å². The highest BCUT2D eigenvalue weighted by molar-refractivity contribution is 7.91. The van der Waals surface area contributed by atoms with Gasteiger partial charge in [-0.05, 0) is 43.2 Å². The van der Waals surface area contributed by atoms with Gasteiger partial charge in [0.1, 0.15) is 5.82 Å². The van der Waals surface area contributed by atoms with Gasteiger partial charge in [-0.2, -0.15) is 0 Å². The van der Waals surface area contributed by atoms with Gasteiger partial charge in [-0.1, -0.05) is 26.7 Å². The minimum Gasteiger partial charge on any atom is -0.367 e. The van der Waals surface area contributed by atoms with Crippen LogP contribution in [0.4, 0.5) is 5.82 Å². The van der Waals surface area contributed by atoms with Crippen LogP contribution in [-0.2, 0) is 9.84 Å². The number of rotatable bonds is 6. The molecule has 0 spiro atoms. The van der Waals surface area contributed by atoms with Crippen molar-refractivity contribution in [3.63, 3.8) is 0 Å². The molecule has 3 rings (SSSR count). The number of amides is 1. The van der Waals surface area contributed by atoms with E-state index in [1.165, 1.54) is 32.1 Å². The van der Waals surface area contributed by atoms with Gasteiger partial charge in [-0.25, -0.2) is 13.4 Å². The maximum Gasteiger partial charge on any atom is 0.255 e. The number of hydrogen-bond acceptors (Lipinski definition) is 5. The van der Waals surface area contributed by atoms with Gasteiger partial charge >= 0.3 is 0 Å². The molecule has 1 aromatic rings. The van der Waals surface area contributed by atoms with Crippen molar-refractivity contribution in [3.8, 4) is 0 Å². The Labute approximate surface area is 162 Å². The quantitative estimate of drug-likeness (QED) is 0.804. The van der Waals surface area contributed by atoms with Gasteiger partial charge in [0.25, 0.3) is 5.91 Å². The van der Waals surface area contributed by atoms with Gasteiger partial charge in [-0.3, -0.25) is 4.79 Å². The molecule has 6 nitrogen and oxygen atoms in total. The molecule has 1 aromatic heterocycles. The number of anilines is 1. The van der Waals surface area contributed by atoms with Crippen molar-refractivity contribution in [1.29, 1.82) is 0 Å². The second-order valence-corrected chi connectivity index (χ2v) is 10.6. The Morgan fingerprint density at radius 3 is 2.63 bits per heavy atom. The predicted octanol–water partition coefficient (Wildman–Crippen LogP) is 2.97. The summed E-state index contributed by atoms with van der Waals surface area (Å²) in [5.74, 6) is 2.20. The molecule has 0 radical (unpaired) electrons. The van der Waals surface area contributed by atoms with Crippen molar-refractivity contribution in [2.45, 2.75) is 52.0 Å². The van der Waals surface area contributed by atoms with Crippen LogP contribution < -0.4 is 5.32 Å². The van der Waals surface area contributed by atoms with Crippen molar-refractivity contribution in [2.75, 3.05) is 29.9 Å². The Bertz CT molecular complexity index is 732. The van der Waals surface area contributed by atoms with Crippen LogP contribution in [0.15, 0.2) is 18.3 Å². The monoisotopic (exact) mass is 393 g/mol. The SMILES string of the molecule is CC(C)CCC1CCCC1Nc1ccc(C(=O)N2CCS(=O)(=O)CC2)cn1. The molecule has 2 unspecified atom stereocenters. The fraction of sp³-hybridized carbons (Fsp3) is 0.700. The number of carbonyl (C=O) groups excluding carboxylic acids is 1. The summed E-state index contributed by atoms with van der Waals surface area (Å²) in [4.78, 5) is 18.6. The van der Waals surface area contributed by atoms with Crippen molar-refractivity contribution < 1.29 is 13.2 Å². The second-order valence-electron chi connectivity index (χ2n) is 8.29. The van der Waals surface area contributed by atoms with Crippen molar-refractivity contribution >= 4 is 21.6 Å². The van der Waals surface area contributed by atoms with Gasteiger partial charge in [0, 0.05) is 25.3 Å². The molecule has 1 N–H and O–H groups in total. The number of sulfone groups is 1. The molecular formula is C20H31N3O3S. The third kappa shape index (κ3) is 5.43. The van der Waals surface area contributed by atoms with Gasteiger partial charge in [0.05, 0.1) is 17.1 Å². The highest BCUT2D eigenvalue weighted by Gasteiger charge is 2.28. The van der Waals surface area contributed by atoms with Gasteiger partial charge in [-0.15, -0.1) is 0 Å². The summed E-state index contributed by atoms with van der Waals surface area (Å²) in [6.45, 7) is 5.07. The largest absolute Gasteiger partial charge is 0.367 e. The first-order valence-corrected chi connectivity index (χ1v) is 11.9. The van der Waals surface area contributed by atoms with Crippen LogP contribution in [0.1, 0.15) is 56.3 Å². The number of aromatic nitrogens is 1. The lowest BCUT2D eigenvalue weighted by atomic mass is 9.94. The Kier molecular flexibility index (Phi) is 6.40. The molecule has 0 bridgehead atoms. The van der Waals surface area contributed by atoms with E-state index >= 15 is 0 Å². The van der Waals surface area contributed by atoms with Crippen LogP contribution in [0.5, 0.6) is 0 Å². The maximum absolute atomic E-state index is 12.5. The van der Waals surface area contributed by atoms with Crippen LogP contribution in [0.3, 0.4) is 0 Å². The zero-order valence-corrected chi connectivity index (χ0v) is 17.2. The molecule has 27 heavy (non-hydrogen) atoms. The lowest BCUT2D eigenvalue weighted by Crippen LogP contribution is -2.43. The van der Waals surface area contributed by atoms with Crippen LogP contribution in [0, 0.1) is 11.8 Å². The summed E-state index contributed by atoms with van der Waals surface area (Å²) >= 11 is 0. The fourth-order valence-electron chi connectivity index (χ4n) is 4.01. The lowest BCUT2D eigenvalue weighted by Gasteiger charge is -2.26. The molecule has 1 saturated carbocycles. The van der Waals surface area contributed by atoms with Gasteiger partial charge in [0.2, 0.25) is 0 Å². The molecule has 150 valence electrons. The molecule has 2 aliphatic rings. The Morgan fingerprint density at radius 1 is 1.26 bits per heavy atom. The smallest absolute Gasteiger partial charge is 0.255 e. The molecule has 2 heterocycles. The van der Waals surface area contributed by atoms with E-state index < -0.39 is 9.84 Å². The zero-order valence-electron chi connectivity index (χ0n) is 16.4. The number of nitrogens with one attached hydrogen (secondary N) is 1. The van der Waals surface area contributed by atoms with Crippen LogP contribution in [0.2, 0.25) is 0 Å². The molecule has 1 amide bonds. The maximum atomic E-state index is 12.5. The second kappa shape index (κ2) is 8.59. The van der Waals surface area contributed by atoms with E-state index in [9.17, 15) is 13.2 Å². The topological polar surface area (TPSA) is 79.4 Å². The minimum atomic E-state index is -2.99. The summed E-state index contributed by atoms with van der Waals surface area (Å²) in [5.41, 5.74) is 0.516. The summed E-state index contributed by atoms with van der Waals surface area (Å²) in [5, 5.41) is 3.56. The molecule has 1 aliphatic carbocycles. The Hall–Kier alpha value is -1.63. The number of carbonyl (C=O) groups is 1. The molecular weight excluding hydrogens is 362 g/mol. The first-order valence-electron chi connectivity index (χ1n) is 10.1. The fourth-order valence-corrected chi connectivity index (χ4v) is 5.21. The third-order valence-corrected chi connectivity index (χ3v) is 7.36. The Morgan fingerprint density at radius 2 is 2.00 bits per heavy atom. The number of pyridine rings is 1. The van der Waals surface area contributed by atoms with E-state index in [0.29, 0.717) is 17.5 Å². The highest BCUT2D eigenvalue weighted by atomic mass is 32.2. The third-order valence-electron chi connectivity index (χ3n) is 5.75. The van der Waals surface area contributed by atoms with Crippen LogP contribution >= 0.6 is 0 Å². The molecule has 1 saturated heterocycles. The average molecular weight is 394 g/mol. The van der Waals surface area contributed by atoms with Crippen LogP contribution in [-0.4, -0.2) is 54.8 Å². The summed E-state index contributed by atoms with van der Waals surface area (Å²) in [7, 11) is -2.99. The molecule has 2 fully saturated rings. The molecule has 2 atom stereocenters. The summed E-state index contributed by atoms with van der Waals surface area (Å²) < 4.78 is 23.0. The number of hydrogen-bond donors (Lipinski definition) is 1. The van der Waals surface area contributed by atoms with Crippen molar-refractivity contribution in [3.05, 3.63) is 23.9 Å². The first-order chi connectivity index (χ1) is 12.8. The van der Waals surface area contributed by atoms with E-state index in [4.69, 9.17) is 0 Å². The van der Waals surface area contributed by atoms with E-state index in [0.717, 1.165) is 11.7 Å². The average Bonchev–Trinajstić information content (AvgIpc) is 3.07. The van der Waals surface area contributed by atoms with Crippen molar-refractivity contribution in [2.24, 2.45) is 11.8 Å².